The molecule has 1 aliphatic rings. The van der Waals surface area contributed by atoms with Crippen LogP contribution in [0.4, 0.5) is 0 Å². The molecule has 0 amide bonds. The van der Waals surface area contributed by atoms with Gasteiger partial charge in [-0.1, -0.05) is 72.8 Å². The molecule has 0 aliphatic heterocycles. The van der Waals surface area contributed by atoms with Crippen molar-refractivity contribution in [2.75, 3.05) is 0 Å². The second kappa shape index (κ2) is 4.79. The lowest BCUT2D eigenvalue weighted by Crippen LogP contribution is -1.91. The Hall–Kier alpha value is -2.08. The topological polar surface area (TPSA) is 0 Å². The van der Waals surface area contributed by atoms with Gasteiger partial charge < -0.3 is 0 Å². The first-order chi connectivity index (χ1) is 9.92. The predicted molar refractivity (Wildman–Crippen MR) is 84.9 cm³/mol. The molecule has 4 rings (SSSR count). The smallest absolute Gasteiger partial charge is 0.0127 e. The summed E-state index contributed by atoms with van der Waals surface area (Å²) in [7, 11) is 0. The van der Waals surface area contributed by atoms with Gasteiger partial charge >= 0.3 is 0 Å². The van der Waals surface area contributed by atoms with Gasteiger partial charge in [0.15, 0.2) is 0 Å². The van der Waals surface area contributed by atoms with Crippen molar-refractivity contribution in [3.05, 3.63) is 83.9 Å². The molecule has 98 valence electrons. The van der Waals surface area contributed by atoms with Gasteiger partial charge in [-0.05, 0) is 46.6 Å². The molecule has 0 nitrogen and oxygen atoms in total. The van der Waals surface area contributed by atoms with Crippen LogP contribution in [0, 0.1) is 5.92 Å². The molecular weight excluding hydrogens is 240 g/mol. The Bertz CT molecular complexity index is 722. The summed E-state index contributed by atoms with van der Waals surface area (Å²) >= 11 is 0. The van der Waals surface area contributed by atoms with Crippen LogP contribution >= 0.6 is 0 Å². The SMILES string of the molecule is c1ccc(C2CC2Cc2cccc3ccccc23)cc1. The first-order valence-corrected chi connectivity index (χ1v) is 7.43. The monoisotopic (exact) mass is 258 g/mol. The predicted octanol–water partition coefficient (Wildman–Crippen LogP) is 5.19. The summed E-state index contributed by atoms with van der Waals surface area (Å²) in [5.41, 5.74) is 3.02. The van der Waals surface area contributed by atoms with Gasteiger partial charge in [-0.3, -0.25) is 0 Å². The first-order valence-electron chi connectivity index (χ1n) is 7.43. The van der Waals surface area contributed by atoms with Crippen LogP contribution in [0.5, 0.6) is 0 Å². The maximum atomic E-state index is 2.29. The molecule has 0 heterocycles. The van der Waals surface area contributed by atoms with E-state index in [9.17, 15) is 0 Å². The average molecular weight is 258 g/mol. The van der Waals surface area contributed by atoms with Gasteiger partial charge in [0.2, 0.25) is 0 Å². The van der Waals surface area contributed by atoms with Crippen LogP contribution < -0.4 is 0 Å². The molecule has 1 fully saturated rings. The molecule has 0 heteroatoms. The highest BCUT2D eigenvalue weighted by Crippen LogP contribution is 2.49. The summed E-state index contributed by atoms with van der Waals surface area (Å²) in [6.07, 6.45) is 2.55. The number of rotatable bonds is 3. The molecule has 1 saturated carbocycles. The zero-order chi connectivity index (χ0) is 13.4. The van der Waals surface area contributed by atoms with Gasteiger partial charge in [0.1, 0.15) is 0 Å². The summed E-state index contributed by atoms with van der Waals surface area (Å²) in [6.45, 7) is 0. The number of fused-ring (bicyclic) bond motifs is 1. The van der Waals surface area contributed by atoms with E-state index in [4.69, 9.17) is 0 Å². The Morgan fingerprint density at radius 2 is 1.50 bits per heavy atom. The van der Waals surface area contributed by atoms with Gasteiger partial charge in [-0.25, -0.2) is 0 Å². The maximum absolute atomic E-state index is 2.29. The van der Waals surface area contributed by atoms with Crippen molar-refractivity contribution >= 4 is 10.8 Å². The van der Waals surface area contributed by atoms with E-state index < -0.39 is 0 Å². The van der Waals surface area contributed by atoms with E-state index >= 15 is 0 Å². The highest BCUT2D eigenvalue weighted by atomic mass is 14.4. The van der Waals surface area contributed by atoms with Crippen molar-refractivity contribution in [2.24, 2.45) is 5.92 Å². The van der Waals surface area contributed by atoms with Crippen molar-refractivity contribution in [3.63, 3.8) is 0 Å². The molecule has 0 radical (unpaired) electrons. The second-order valence-electron chi connectivity index (χ2n) is 5.86. The van der Waals surface area contributed by atoms with Gasteiger partial charge in [0.25, 0.3) is 0 Å². The first kappa shape index (κ1) is 11.7. The van der Waals surface area contributed by atoms with Gasteiger partial charge in [0.05, 0.1) is 0 Å². The van der Waals surface area contributed by atoms with Crippen LogP contribution in [0.1, 0.15) is 23.5 Å². The van der Waals surface area contributed by atoms with Crippen LogP contribution in [-0.4, -0.2) is 0 Å². The van der Waals surface area contributed by atoms with Crippen molar-refractivity contribution < 1.29 is 0 Å². The standard InChI is InChI=1S/C20H18/c1-2-7-16(8-3-1)20-14-18(20)13-17-11-6-10-15-9-4-5-12-19(15)17/h1-12,18,20H,13-14H2. The van der Waals surface area contributed by atoms with Crippen molar-refractivity contribution in [2.45, 2.75) is 18.8 Å². The third kappa shape index (κ3) is 2.12. The Morgan fingerprint density at radius 3 is 2.40 bits per heavy atom. The normalized spacial score (nSPS) is 21.0. The molecule has 3 aromatic rings. The van der Waals surface area contributed by atoms with E-state index in [0.29, 0.717) is 0 Å². The maximum Gasteiger partial charge on any atom is -0.0127 e. The highest BCUT2D eigenvalue weighted by Gasteiger charge is 2.37. The van der Waals surface area contributed by atoms with E-state index in [2.05, 4.69) is 72.8 Å². The molecule has 0 bridgehead atoms. The van der Waals surface area contributed by atoms with Crippen molar-refractivity contribution in [1.29, 1.82) is 0 Å². The lowest BCUT2D eigenvalue weighted by molar-refractivity contribution is 0.800. The van der Waals surface area contributed by atoms with Gasteiger partial charge in [-0.2, -0.15) is 0 Å². The summed E-state index contributed by atoms with van der Waals surface area (Å²) in [5.74, 6) is 1.60. The molecule has 2 atom stereocenters. The zero-order valence-electron chi connectivity index (χ0n) is 11.5. The average Bonchev–Trinajstić information content (AvgIpc) is 3.28. The Kier molecular flexibility index (Phi) is 2.81. The van der Waals surface area contributed by atoms with E-state index in [1.165, 1.54) is 34.7 Å². The Morgan fingerprint density at radius 1 is 0.750 bits per heavy atom. The fraction of sp³-hybridized carbons (Fsp3) is 0.200. The van der Waals surface area contributed by atoms with Crippen LogP contribution in [0.15, 0.2) is 72.8 Å². The molecule has 1 aliphatic carbocycles. The fourth-order valence-corrected chi connectivity index (χ4v) is 3.33. The number of benzene rings is 3. The second-order valence-corrected chi connectivity index (χ2v) is 5.86. The minimum absolute atomic E-state index is 0.773. The Balaban J connectivity index is 1.58. The lowest BCUT2D eigenvalue weighted by Gasteiger charge is -2.06. The largest absolute Gasteiger partial charge is 0.0622 e. The molecule has 20 heavy (non-hydrogen) atoms. The molecule has 3 aromatic carbocycles. The number of hydrogen-bond donors (Lipinski definition) is 0. The molecule has 0 spiro atoms. The molecule has 0 N–H and O–H groups in total. The summed E-state index contributed by atoms with van der Waals surface area (Å²) in [4.78, 5) is 0. The van der Waals surface area contributed by atoms with E-state index in [1.807, 2.05) is 0 Å². The van der Waals surface area contributed by atoms with E-state index in [1.54, 1.807) is 0 Å². The quantitative estimate of drug-likeness (QED) is 0.606. The van der Waals surface area contributed by atoms with Crippen molar-refractivity contribution in [1.82, 2.24) is 0 Å². The zero-order valence-corrected chi connectivity index (χ0v) is 11.5. The summed E-state index contributed by atoms with van der Waals surface area (Å²) < 4.78 is 0. The summed E-state index contributed by atoms with van der Waals surface area (Å²) in [5, 5.41) is 2.79. The van der Waals surface area contributed by atoms with Gasteiger partial charge in [0, 0.05) is 0 Å². The van der Waals surface area contributed by atoms with E-state index in [0.717, 1.165) is 11.8 Å². The molecule has 0 saturated heterocycles. The minimum atomic E-state index is 0.773. The van der Waals surface area contributed by atoms with Crippen LogP contribution in [-0.2, 0) is 6.42 Å². The summed E-state index contributed by atoms with van der Waals surface area (Å²) in [6, 6.07) is 26.4. The Labute approximate surface area is 120 Å². The van der Waals surface area contributed by atoms with Crippen LogP contribution in [0.25, 0.3) is 10.8 Å². The fourth-order valence-electron chi connectivity index (χ4n) is 3.33. The minimum Gasteiger partial charge on any atom is -0.0622 e. The van der Waals surface area contributed by atoms with Crippen LogP contribution in [0.2, 0.25) is 0 Å². The van der Waals surface area contributed by atoms with E-state index in [-0.39, 0.29) is 0 Å². The lowest BCUT2D eigenvalue weighted by atomic mass is 9.98. The van der Waals surface area contributed by atoms with Crippen LogP contribution in [0.3, 0.4) is 0 Å². The third-order valence-electron chi connectivity index (χ3n) is 4.51. The number of hydrogen-bond acceptors (Lipinski definition) is 0. The highest BCUT2D eigenvalue weighted by molar-refractivity contribution is 5.85. The molecule has 0 aromatic heterocycles. The molecular formula is C20H18. The third-order valence-corrected chi connectivity index (χ3v) is 4.51. The van der Waals surface area contributed by atoms with Crippen molar-refractivity contribution in [3.8, 4) is 0 Å². The molecule has 2 unspecified atom stereocenters. The van der Waals surface area contributed by atoms with Gasteiger partial charge in [-0.15, -0.1) is 0 Å².